The van der Waals surface area contributed by atoms with E-state index >= 15 is 0 Å². The number of nitrogens with one attached hydrogen (secondary N) is 1. The van der Waals surface area contributed by atoms with Crippen LogP contribution in [0.5, 0.6) is 5.75 Å². The molecule has 4 heteroatoms. The van der Waals surface area contributed by atoms with Gasteiger partial charge in [-0.3, -0.25) is 5.32 Å². The van der Waals surface area contributed by atoms with Gasteiger partial charge in [-0.15, -0.1) is 6.58 Å². The van der Waals surface area contributed by atoms with Crippen LogP contribution in [0.2, 0.25) is 0 Å². The first-order valence-electron chi connectivity index (χ1n) is 5.84. The van der Waals surface area contributed by atoms with Crippen molar-refractivity contribution in [2.24, 2.45) is 0 Å². The van der Waals surface area contributed by atoms with Gasteiger partial charge < -0.3 is 9.84 Å². The number of esters is 1. The first-order chi connectivity index (χ1) is 8.60. The molecule has 0 radical (unpaired) electrons. The van der Waals surface area contributed by atoms with Gasteiger partial charge in [-0.25, -0.2) is 4.79 Å². The van der Waals surface area contributed by atoms with Gasteiger partial charge in [-0.2, -0.15) is 0 Å². The SMILES string of the molecule is C=CCNC(CC)(C(=O)OC)c1ccc(O)cc1. The van der Waals surface area contributed by atoms with Gasteiger partial charge in [0.05, 0.1) is 7.11 Å². The summed E-state index contributed by atoms with van der Waals surface area (Å²) >= 11 is 0. The van der Waals surface area contributed by atoms with Crippen molar-refractivity contribution >= 4 is 5.97 Å². The highest BCUT2D eigenvalue weighted by Gasteiger charge is 2.38. The monoisotopic (exact) mass is 249 g/mol. The second kappa shape index (κ2) is 6.21. The molecule has 0 saturated heterocycles. The molecule has 0 saturated carbocycles. The van der Waals surface area contributed by atoms with Crippen LogP contribution >= 0.6 is 0 Å². The van der Waals surface area contributed by atoms with Crippen LogP contribution in [-0.4, -0.2) is 24.7 Å². The molecule has 1 aromatic rings. The molecule has 0 heterocycles. The highest BCUT2D eigenvalue weighted by Crippen LogP contribution is 2.28. The highest BCUT2D eigenvalue weighted by atomic mass is 16.5. The zero-order chi connectivity index (χ0) is 13.6. The van der Waals surface area contributed by atoms with Crippen LogP contribution in [0.1, 0.15) is 18.9 Å². The highest BCUT2D eigenvalue weighted by molar-refractivity contribution is 5.82. The maximum absolute atomic E-state index is 12.1. The minimum Gasteiger partial charge on any atom is -0.508 e. The second-order valence-electron chi connectivity index (χ2n) is 3.97. The standard InChI is InChI=1S/C14H19NO3/c1-4-10-15-14(5-2,13(17)18-3)11-6-8-12(16)9-7-11/h4,6-9,15-16H,1,5,10H2,2-3H3. The van der Waals surface area contributed by atoms with E-state index < -0.39 is 5.54 Å². The Hall–Kier alpha value is -1.81. The largest absolute Gasteiger partial charge is 0.508 e. The molecular formula is C14H19NO3. The number of rotatable bonds is 6. The van der Waals surface area contributed by atoms with Gasteiger partial charge in [-0.1, -0.05) is 25.1 Å². The molecule has 0 bridgehead atoms. The van der Waals surface area contributed by atoms with E-state index in [2.05, 4.69) is 11.9 Å². The molecule has 2 N–H and O–H groups in total. The van der Waals surface area contributed by atoms with Gasteiger partial charge in [0.1, 0.15) is 11.3 Å². The Labute approximate surface area is 107 Å². The molecule has 0 aliphatic carbocycles. The second-order valence-corrected chi connectivity index (χ2v) is 3.97. The van der Waals surface area contributed by atoms with E-state index in [4.69, 9.17) is 4.74 Å². The summed E-state index contributed by atoms with van der Waals surface area (Å²) in [6.45, 7) is 6.03. The van der Waals surface area contributed by atoms with E-state index in [9.17, 15) is 9.90 Å². The fourth-order valence-corrected chi connectivity index (χ4v) is 1.93. The third-order valence-corrected chi connectivity index (χ3v) is 2.97. The first-order valence-corrected chi connectivity index (χ1v) is 5.84. The Balaban J connectivity index is 3.19. The summed E-state index contributed by atoms with van der Waals surface area (Å²) in [5.41, 5.74) is -0.145. The quantitative estimate of drug-likeness (QED) is 0.597. The Morgan fingerprint density at radius 2 is 2.11 bits per heavy atom. The van der Waals surface area contributed by atoms with E-state index in [-0.39, 0.29) is 11.7 Å². The number of phenols is 1. The maximum atomic E-state index is 12.1. The number of phenolic OH excluding ortho intramolecular Hbond substituents is 1. The van der Waals surface area contributed by atoms with Gasteiger partial charge in [0.15, 0.2) is 0 Å². The van der Waals surface area contributed by atoms with Crippen molar-refractivity contribution in [3.8, 4) is 5.75 Å². The summed E-state index contributed by atoms with van der Waals surface area (Å²) in [6, 6.07) is 6.54. The van der Waals surface area contributed by atoms with Crippen LogP contribution in [0.4, 0.5) is 0 Å². The van der Waals surface area contributed by atoms with Crippen LogP contribution < -0.4 is 5.32 Å². The molecule has 1 rings (SSSR count). The minimum atomic E-state index is -0.906. The van der Waals surface area contributed by atoms with Gasteiger partial charge in [0.25, 0.3) is 0 Å². The van der Waals surface area contributed by atoms with Crippen LogP contribution in [0.15, 0.2) is 36.9 Å². The summed E-state index contributed by atoms with van der Waals surface area (Å²) in [4.78, 5) is 12.1. The molecule has 0 aliphatic rings. The minimum absolute atomic E-state index is 0.164. The van der Waals surface area contributed by atoms with E-state index in [0.29, 0.717) is 13.0 Å². The van der Waals surface area contributed by atoms with Gasteiger partial charge in [-0.05, 0) is 24.1 Å². The van der Waals surface area contributed by atoms with Gasteiger partial charge >= 0.3 is 5.97 Å². The fourth-order valence-electron chi connectivity index (χ4n) is 1.93. The third kappa shape index (κ3) is 2.71. The number of hydrogen-bond donors (Lipinski definition) is 2. The molecule has 0 amide bonds. The third-order valence-electron chi connectivity index (χ3n) is 2.97. The normalized spacial score (nSPS) is 13.7. The summed E-state index contributed by atoms with van der Waals surface area (Å²) in [5, 5.41) is 12.5. The topological polar surface area (TPSA) is 58.6 Å². The lowest BCUT2D eigenvalue weighted by Gasteiger charge is -2.31. The summed E-state index contributed by atoms with van der Waals surface area (Å²) in [7, 11) is 1.36. The predicted molar refractivity (Wildman–Crippen MR) is 70.3 cm³/mol. The number of methoxy groups -OCH3 is 1. The Morgan fingerprint density at radius 3 is 2.56 bits per heavy atom. The van der Waals surface area contributed by atoms with Crippen LogP contribution in [0, 0.1) is 0 Å². The van der Waals surface area contributed by atoms with Crippen molar-refractivity contribution in [2.45, 2.75) is 18.9 Å². The molecule has 1 atom stereocenters. The van der Waals surface area contributed by atoms with E-state index in [1.807, 2.05) is 6.92 Å². The van der Waals surface area contributed by atoms with Crippen molar-refractivity contribution in [1.82, 2.24) is 5.32 Å². The Morgan fingerprint density at radius 1 is 1.50 bits per heavy atom. The van der Waals surface area contributed by atoms with Crippen molar-refractivity contribution in [1.29, 1.82) is 0 Å². The smallest absolute Gasteiger partial charge is 0.330 e. The van der Waals surface area contributed by atoms with Crippen molar-refractivity contribution < 1.29 is 14.6 Å². The summed E-state index contributed by atoms with van der Waals surface area (Å²) < 4.78 is 4.89. The number of aromatic hydroxyl groups is 1. The molecule has 0 aliphatic heterocycles. The average Bonchev–Trinajstić information content (AvgIpc) is 2.41. The number of hydrogen-bond acceptors (Lipinski definition) is 4. The van der Waals surface area contributed by atoms with E-state index in [0.717, 1.165) is 5.56 Å². The fraction of sp³-hybridized carbons (Fsp3) is 0.357. The Kier molecular flexibility index (Phi) is 4.92. The lowest BCUT2D eigenvalue weighted by Crippen LogP contribution is -2.49. The first kappa shape index (κ1) is 14.3. The number of carbonyl (C=O) groups is 1. The van der Waals surface area contributed by atoms with E-state index in [1.54, 1.807) is 30.3 Å². The molecule has 0 spiro atoms. The molecule has 98 valence electrons. The van der Waals surface area contributed by atoms with Crippen LogP contribution in [0.3, 0.4) is 0 Å². The van der Waals surface area contributed by atoms with Crippen LogP contribution in [-0.2, 0) is 15.1 Å². The van der Waals surface area contributed by atoms with Crippen molar-refractivity contribution in [2.75, 3.05) is 13.7 Å². The maximum Gasteiger partial charge on any atom is 0.330 e. The molecule has 0 fully saturated rings. The molecular weight excluding hydrogens is 230 g/mol. The lowest BCUT2D eigenvalue weighted by molar-refractivity contribution is -0.149. The zero-order valence-electron chi connectivity index (χ0n) is 10.8. The number of carbonyl (C=O) groups excluding carboxylic acids is 1. The average molecular weight is 249 g/mol. The van der Waals surface area contributed by atoms with E-state index in [1.165, 1.54) is 7.11 Å². The molecule has 4 nitrogen and oxygen atoms in total. The van der Waals surface area contributed by atoms with Crippen molar-refractivity contribution in [3.63, 3.8) is 0 Å². The zero-order valence-corrected chi connectivity index (χ0v) is 10.8. The Bertz CT molecular complexity index is 414. The predicted octanol–water partition coefficient (Wildman–Crippen LogP) is 1.95. The molecule has 18 heavy (non-hydrogen) atoms. The lowest BCUT2D eigenvalue weighted by atomic mass is 9.87. The van der Waals surface area contributed by atoms with Gasteiger partial charge in [0.2, 0.25) is 0 Å². The number of ether oxygens (including phenoxy) is 1. The van der Waals surface area contributed by atoms with Crippen LogP contribution in [0.25, 0.3) is 0 Å². The number of benzene rings is 1. The van der Waals surface area contributed by atoms with Gasteiger partial charge in [0, 0.05) is 6.54 Å². The molecule has 1 unspecified atom stereocenters. The summed E-state index contributed by atoms with van der Waals surface area (Å²) in [5.74, 6) is -0.185. The molecule has 0 aromatic heterocycles. The molecule has 1 aromatic carbocycles. The summed E-state index contributed by atoms with van der Waals surface area (Å²) in [6.07, 6.45) is 2.23. The van der Waals surface area contributed by atoms with Crippen molar-refractivity contribution in [3.05, 3.63) is 42.5 Å².